The minimum Gasteiger partial charge on any atom is -0.507 e. The van der Waals surface area contributed by atoms with Crippen molar-refractivity contribution in [2.24, 2.45) is 0 Å². The lowest BCUT2D eigenvalue weighted by molar-refractivity contribution is 0.514. The standard InChI is InChI=1S/C18H16N2O2/c1-11-7-8-13(12(2)9-11)17(21)10-16-18(22)20-15-6-4-3-5-14(15)19-16/h3-10,21H,1-2H3,(H,20,22)/b17-10-. The molecule has 0 amide bonds. The van der Waals surface area contributed by atoms with E-state index in [1.54, 1.807) is 6.07 Å². The Morgan fingerprint density at radius 3 is 2.73 bits per heavy atom. The Hall–Kier alpha value is -2.88. The van der Waals surface area contributed by atoms with Crippen molar-refractivity contribution in [1.29, 1.82) is 0 Å². The van der Waals surface area contributed by atoms with E-state index in [0.717, 1.165) is 11.1 Å². The number of H-pyrrole nitrogens is 1. The number of nitrogens with one attached hydrogen (secondary N) is 1. The number of aliphatic hydroxyl groups is 1. The monoisotopic (exact) mass is 292 g/mol. The Labute approximate surface area is 127 Å². The summed E-state index contributed by atoms with van der Waals surface area (Å²) in [6.45, 7) is 3.91. The van der Waals surface area contributed by atoms with Crippen molar-refractivity contribution >= 4 is 22.9 Å². The van der Waals surface area contributed by atoms with Gasteiger partial charge in [-0.3, -0.25) is 4.79 Å². The van der Waals surface area contributed by atoms with Crippen molar-refractivity contribution in [2.75, 3.05) is 0 Å². The van der Waals surface area contributed by atoms with E-state index in [9.17, 15) is 9.90 Å². The highest BCUT2D eigenvalue weighted by Gasteiger charge is 2.07. The van der Waals surface area contributed by atoms with Gasteiger partial charge in [0.25, 0.3) is 5.56 Å². The second kappa shape index (κ2) is 5.48. The third kappa shape index (κ3) is 2.63. The topological polar surface area (TPSA) is 66.0 Å². The highest BCUT2D eigenvalue weighted by molar-refractivity contribution is 5.79. The zero-order valence-electron chi connectivity index (χ0n) is 12.4. The van der Waals surface area contributed by atoms with Crippen LogP contribution in [0.5, 0.6) is 0 Å². The lowest BCUT2D eigenvalue weighted by Crippen LogP contribution is -2.12. The molecule has 1 aromatic heterocycles. The predicted molar refractivity (Wildman–Crippen MR) is 88.8 cm³/mol. The number of nitrogens with zero attached hydrogens (tertiary/aromatic N) is 1. The van der Waals surface area contributed by atoms with Crippen LogP contribution in [0.25, 0.3) is 22.9 Å². The first-order valence-electron chi connectivity index (χ1n) is 7.02. The number of rotatable bonds is 2. The van der Waals surface area contributed by atoms with E-state index in [-0.39, 0.29) is 17.0 Å². The number of aromatic nitrogens is 2. The van der Waals surface area contributed by atoms with Gasteiger partial charge >= 0.3 is 0 Å². The van der Waals surface area contributed by atoms with Crippen LogP contribution in [0.15, 0.2) is 47.3 Å². The van der Waals surface area contributed by atoms with Gasteiger partial charge < -0.3 is 10.1 Å². The van der Waals surface area contributed by atoms with E-state index in [2.05, 4.69) is 9.97 Å². The molecule has 0 aliphatic rings. The third-order valence-electron chi connectivity index (χ3n) is 3.56. The van der Waals surface area contributed by atoms with Crippen molar-refractivity contribution in [3.8, 4) is 0 Å². The van der Waals surface area contributed by atoms with Gasteiger partial charge in [0.05, 0.1) is 11.0 Å². The summed E-state index contributed by atoms with van der Waals surface area (Å²) in [7, 11) is 0. The molecular formula is C18H16N2O2. The molecule has 0 spiro atoms. The van der Waals surface area contributed by atoms with Gasteiger partial charge in [-0.2, -0.15) is 0 Å². The van der Waals surface area contributed by atoms with Crippen LogP contribution in [0, 0.1) is 13.8 Å². The molecule has 0 aliphatic carbocycles. The summed E-state index contributed by atoms with van der Waals surface area (Å²) in [5, 5.41) is 10.3. The van der Waals surface area contributed by atoms with Crippen LogP contribution in [0.1, 0.15) is 22.4 Å². The molecule has 0 radical (unpaired) electrons. The zero-order valence-corrected chi connectivity index (χ0v) is 12.4. The van der Waals surface area contributed by atoms with Gasteiger partial charge in [0, 0.05) is 11.6 Å². The van der Waals surface area contributed by atoms with Crippen molar-refractivity contribution in [3.63, 3.8) is 0 Å². The third-order valence-corrected chi connectivity index (χ3v) is 3.56. The number of hydrogen-bond donors (Lipinski definition) is 2. The fourth-order valence-corrected chi connectivity index (χ4v) is 2.45. The molecule has 3 aromatic rings. The van der Waals surface area contributed by atoms with Gasteiger partial charge in [0.15, 0.2) is 0 Å². The first-order chi connectivity index (χ1) is 10.5. The highest BCUT2D eigenvalue weighted by atomic mass is 16.3. The van der Waals surface area contributed by atoms with E-state index < -0.39 is 0 Å². The molecule has 0 unspecified atom stereocenters. The quantitative estimate of drug-likeness (QED) is 0.709. The van der Waals surface area contributed by atoms with Gasteiger partial charge in [-0.15, -0.1) is 0 Å². The Morgan fingerprint density at radius 1 is 1.18 bits per heavy atom. The summed E-state index contributed by atoms with van der Waals surface area (Å²) in [6, 6.07) is 13.0. The number of aryl methyl sites for hydroxylation is 2. The van der Waals surface area contributed by atoms with Crippen LogP contribution in [-0.2, 0) is 0 Å². The molecular weight excluding hydrogens is 276 g/mol. The van der Waals surface area contributed by atoms with Crippen LogP contribution < -0.4 is 5.56 Å². The molecule has 0 bridgehead atoms. The molecule has 3 rings (SSSR count). The number of para-hydroxylation sites is 2. The van der Waals surface area contributed by atoms with Crippen molar-refractivity contribution in [3.05, 3.63) is 75.2 Å². The van der Waals surface area contributed by atoms with E-state index >= 15 is 0 Å². The van der Waals surface area contributed by atoms with Gasteiger partial charge in [-0.1, -0.05) is 35.9 Å². The molecule has 4 nitrogen and oxygen atoms in total. The first-order valence-corrected chi connectivity index (χ1v) is 7.02. The maximum atomic E-state index is 12.1. The molecule has 110 valence electrons. The summed E-state index contributed by atoms with van der Waals surface area (Å²) >= 11 is 0. The van der Waals surface area contributed by atoms with Crippen molar-refractivity contribution in [2.45, 2.75) is 13.8 Å². The van der Waals surface area contributed by atoms with Gasteiger partial charge in [0.1, 0.15) is 11.5 Å². The van der Waals surface area contributed by atoms with E-state index in [1.165, 1.54) is 6.08 Å². The normalized spacial score (nSPS) is 11.8. The first kappa shape index (κ1) is 14.1. The Kier molecular flexibility index (Phi) is 3.51. The van der Waals surface area contributed by atoms with Crippen LogP contribution >= 0.6 is 0 Å². The number of fused-ring (bicyclic) bond motifs is 1. The predicted octanol–water partition coefficient (Wildman–Crippen LogP) is 3.60. The molecule has 1 heterocycles. The zero-order chi connectivity index (χ0) is 15.7. The van der Waals surface area contributed by atoms with Crippen LogP contribution in [-0.4, -0.2) is 15.1 Å². The fourth-order valence-electron chi connectivity index (χ4n) is 2.45. The summed E-state index contributed by atoms with van der Waals surface area (Å²) in [5.41, 5.74) is 3.99. The van der Waals surface area contributed by atoms with Gasteiger partial charge in [0.2, 0.25) is 0 Å². The minimum absolute atomic E-state index is 0.0331. The molecule has 0 saturated heterocycles. The molecule has 2 N–H and O–H groups in total. The van der Waals surface area contributed by atoms with Crippen molar-refractivity contribution < 1.29 is 5.11 Å². The second-order valence-corrected chi connectivity index (χ2v) is 5.32. The van der Waals surface area contributed by atoms with Crippen molar-refractivity contribution in [1.82, 2.24) is 9.97 Å². The Balaban J connectivity index is 2.11. The molecule has 2 aromatic carbocycles. The summed E-state index contributed by atoms with van der Waals surface area (Å²) < 4.78 is 0. The Morgan fingerprint density at radius 2 is 1.95 bits per heavy atom. The van der Waals surface area contributed by atoms with E-state index in [4.69, 9.17) is 0 Å². The summed E-state index contributed by atoms with van der Waals surface area (Å²) in [4.78, 5) is 19.1. The molecule has 0 aliphatic heterocycles. The molecule has 0 atom stereocenters. The smallest absolute Gasteiger partial charge is 0.274 e. The highest BCUT2D eigenvalue weighted by Crippen LogP contribution is 2.19. The van der Waals surface area contributed by atoms with Gasteiger partial charge in [-0.25, -0.2) is 4.98 Å². The fraction of sp³-hybridized carbons (Fsp3) is 0.111. The van der Waals surface area contributed by atoms with Gasteiger partial charge in [-0.05, 0) is 31.5 Å². The lowest BCUT2D eigenvalue weighted by atomic mass is 10.0. The molecule has 0 fully saturated rings. The maximum Gasteiger partial charge on any atom is 0.274 e. The van der Waals surface area contributed by atoms with E-state index in [1.807, 2.05) is 50.2 Å². The summed E-state index contributed by atoms with van der Waals surface area (Å²) in [6.07, 6.45) is 1.41. The van der Waals surface area contributed by atoms with Crippen LogP contribution in [0.4, 0.5) is 0 Å². The minimum atomic E-state index is -0.324. The average molecular weight is 292 g/mol. The molecule has 4 heteroatoms. The lowest BCUT2D eigenvalue weighted by Gasteiger charge is -2.06. The average Bonchev–Trinajstić information content (AvgIpc) is 2.47. The molecule has 22 heavy (non-hydrogen) atoms. The second-order valence-electron chi connectivity index (χ2n) is 5.32. The number of hydrogen-bond acceptors (Lipinski definition) is 3. The maximum absolute atomic E-state index is 12.1. The number of benzene rings is 2. The Bertz CT molecular complexity index is 939. The molecule has 0 saturated carbocycles. The van der Waals surface area contributed by atoms with Crippen LogP contribution in [0.3, 0.4) is 0 Å². The van der Waals surface area contributed by atoms with Crippen LogP contribution in [0.2, 0.25) is 0 Å². The number of aromatic amines is 1. The largest absolute Gasteiger partial charge is 0.507 e. The number of aliphatic hydroxyl groups excluding tert-OH is 1. The SMILES string of the molecule is Cc1ccc(/C(O)=C/c2nc3ccccc3[nH]c2=O)c(C)c1. The summed E-state index contributed by atoms with van der Waals surface area (Å²) in [5.74, 6) is 0.0331. The van der Waals surface area contributed by atoms with E-state index in [0.29, 0.717) is 16.6 Å².